The Labute approximate surface area is 102 Å². The Morgan fingerprint density at radius 1 is 1.41 bits per heavy atom. The molecule has 0 heterocycles. The maximum Gasteiger partial charge on any atom is 0.239 e. The lowest BCUT2D eigenvalue weighted by Crippen LogP contribution is -2.36. The van der Waals surface area contributed by atoms with E-state index < -0.39 is 0 Å². The van der Waals surface area contributed by atoms with E-state index in [2.05, 4.69) is 18.3 Å². The van der Waals surface area contributed by atoms with E-state index in [9.17, 15) is 4.79 Å². The minimum absolute atomic E-state index is 0.0113. The lowest BCUT2D eigenvalue weighted by atomic mass is 10.2. The van der Waals surface area contributed by atoms with Gasteiger partial charge in [0.25, 0.3) is 0 Å². The van der Waals surface area contributed by atoms with Gasteiger partial charge in [-0.3, -0.25) is 4.79 Å². The zero-order valence-electron chi connectivity index (χ0n) is 10.2. The molecular weight excluding hydrogens is 214 g/mol. The van der Waals surface area contributed by atoms with E-state index in [1.54, 1.807) is 19.2 Å². The minimum Gasteiger partial charge on any atom is -0.362 e. The molecule has 0 aliphatic carbocycles. The number of amides is 1. The summed E-state index contributed by atoms with van der Waals surface area (Å²) >= 11 is 0. The Morgan fingerprint density at radius 3 is 2.53 bits per heavy atom. The molecule has 1 amide bonds. The number of anilines is 1. The van der Waals surface area contributed by atoms with Crippen molar-refractivity contribution in [3.8, 4) is 6.07 Å². The molecule has 0 unspecified atom stereocenters. The highest BCUT2D eigenvalue weighted by molar-refractivity contribution is 5.81. The van der Waals surface area contributed by atoms with Gasteiger partial charge in [-0.2, -0.15) is 5.26 Å². The first-order valence-electron chi connectivity index (χ1n) is 5.67. The van der Waals surface area contributed by atoms with Crippen LogP contribution in [0.3, 0.4) is 0 Å². The molecule has 0 fully saturated rings. The van der Waals surface area contributed by atoms with Crippen molar-refractivity contribution in [3.05, 3.63) is 29.8 Å². The van der Waals surface area contributed by atoms with Crippen LogP contribution in [0.15, 0.2) is 24.3 Å². The maximum absolute atomic E-state index is 11.4. The zero-order valence-corrected chi connectivity index (χ0v) is 10.2. The third kappa shape index (κ3) is 3.80. The van der Waals surface area contributed by atoms with Crippen molar-refractivity contribution >= 4 is 11.6 Å². The van der Waals surface area contributed by atoms with E-state index in [0.717, 1.165) is 18.7 Å². The topological polar surface area (TPSA) is 56.1 Å². The van der Waals surface area contributed by atoms with E-state index in [0.29, 0.717) is 12.1 Å². The Kier molecular flexibility index (Phi) is 5.02. The Hall–Kier alpha value is -2.02. The summed E-state index contributed by atoms with van der Waals surface area (Å²) in [6.07, 6.45) is 0.969. The average Bonchev–Trinajstić information content (AvgIpc) is 2.38. The van der Waals surface area contributed by atoms with Crippen molar-refractivity contribution in [2.45, 2.75) is 13.3 Å². The van der Waals surface area contributed by atoms with Gasteiger partial charge in [0.1, 0.15) is 0 Å². The van der Waals surface area contributed by atoms with E-state index >= 15 is 0 Å². The summed E-state index contributed by atoms with van der Waals surface area (Å²) in [6, 6.07) is 9.36. The van der Waals surface area contributed by atoms with Crippen LogP contribution in [0, 0.1) is 11.3 Å². The maximum atomic E-state index is 11.4. The van der Waals surface area contributed by atoms with E-state index in [-0.39, 0.29) is 5.91 Å². The number of hydrogen-bond acceptors (Lipinski definition) is 3. The lowest BCUT2D eigenvalue weighted by Gasteiger charge is -2.23. The van der Waals surface area contributed by atoms with E-state index in [1.165, 1.54) is 0 Å². The summed E-state index contributed by atoms with van der Waals surface area (Å²) < 4.78 is 0. The molecule has 0 aliphatic rings. The molecule has 1 aromatic carbocycles. The third-order valence-corrected chi connectivity index (χ3v) is 2.47. The molecule has 0 radical (unpaired) electrons. The number of carbonyl (C=O) groups is 1. The fourth-order valence-electron chi connectivity index (χ4n) is 1.57. The van der Waals surface area contributed by atoms with Crippen LogP contribution in [0.1, 0.15) is 18.9 Å². The summed E-state index contributed by atoms with van der Waals surface area (Å²) in [5.41, 5.74) is 1.60. The quantitative estimate of drug-likeness (QED) is 0.836. The number of benzene rings is 1. The molecule has 0 saturated heterocycles. The third-order valence-electron chi connectivity index (χ3n) is 2.47. The molecule has 1 N–H and O–H groups in total. The van der Waals surface area contributed by atoms with Gasteiger partial charge in [0, 0.05) is 19.3 Å². The molecule has 90 valence electrons. The number of likely N-dealkylation sites (N-methyl/N-ethyl adjacent to an activating group) is 1. The predicted molar refractivity (Wildman–Crippen MR) is 67.7 cm³/mol. The Bertz CT molecular complexity index is 406. The molecule has 0 aliphatic heterocycles. The first-order chi connectivity index (χ1) is 8.21. The smallest absolute Gasteiger partial charge is 0.239 e. The zero-order chi connectivity index (χ0) is 12.7. The van der Waals surface area contributed by atoms with Crippen molar-refractivity contribution in [2.75, 3.05) is 25.0 Å². The predicted octanol–water partition coefficient (Wildman–Crippen LogP) is 1.52. The monoisotopic (exact) mass is 231 g/mol. The van der Waals surface area contributed by atoms with Gasteiger partial charge in [0.05, 0.1) is 18.2 Å². The second-order valence-electron chi connectivity index (χ2n) is 3.75. The number of nitriles is 1. The summed E-state index contributed by atoms with van der Waals surface area (Å²) in [5.74, 6) is -0.0113. The van der Waals surface area contributed by atoms with Gasteiger partial charge in [-0.25, -0.2) is 0 Å². The van der Waals surface area contributed by atoms with Crippen LogP contribution in [0.5, 0.6) is 0 Å². The molecule has 0 saturated carbocycles. The van der Waals surface area contributed by atoms with E-state index in [1.807, 2.05) is 17.0 Å². The highest BCUT2D eigenvalue weighted by Crippen LogP contribution is 2.15. The fraction of sp³-hybridized carbons (Fsp3) is 0.385. The van der Waals surface area contributed by atoms with Gasteiger partial charge in [0.2, 0.25) is 5.91 Å². The highest BCUT2D eigenvalue weighted by atomic mass is 16.1. The Morgan fingerprint density at radius 2 is 2.06 bits per heavy atom. The SMILES string of the molecule is CCCN(CC(=O)NC)c1ccc(C#N)cc1. The van der Waals surface area contributed by atoms with Crippen LogP contribution in [0.25, 0.3) is 0 Å². The molecule has 1 aromatic rings. The fourth-order valence-corrected chi connectivity index (χ4v) is 1.57. The summed E-state index contributed by atoms with van der Waals surface area (Å²) in [6.45, 7) is 3.23. The lowest BCUT2D eigenvalue weighted by molar-refractivity contribution is -0.119. The molecule has 0 aromatic heterocycles. The number of rotatable bonds is 5. The molecule has 0 bridgehead atoms. The van der Waals surface area contributed by atoms with Crippen molar-refractivity contribution in [3.63, 3.8) is 0 Å². The minimum atomic E-state index is -0.0113. The van der Waals surface area contributed by atoms with Crippen LogP contribution in [0.2, 0.25) is 0 Å². The molecular formula is C13H17N3O. The largest absolute Gasteiger partial charge is 0.362 e. The first-order valence-corrected chi connectivity index (χ1v) is 5.67. The Balaban J connectivity index is 2.81. The molecule has 4 nitrogen and oxygen atoms in total. The molecule has 1 rings (SSSR count). The standard InChI is InChI=1S/C13H17N3O/c1-3-8-16(10-13(17)15-2)12-6-4-11(9-14)5-7-12/h4-7H,3,8,10H2,1-2H3,(H,15,17). The van der Waals surface area contributed by atoms with Crippen molar-refractivity contribution < 1.29 is 4.79 Å². The van der Waals surface area contributed by atoms with Gasteiger partial charge >= 0.3 is 0 Å². The number of nitrogens with zero attached hydrogens (tertiary/aromatic N) is 2. The van der Waals surface area contributed by atoms with Crippen LogP contribution < -0.4 is 10.2 Å². The molecule has 4 heteroatoms. The van der Waals surface area contributed by atoms with Gasteiger partial charge in [0.15, 0.2) is 0 Å². The van der Waals surface area contributed by atoms with Crippen molar-refractivity contribution in [1.82, 2.24) is 5.32 Å². The molecule has 0 spiro atoms. The van der Waals surface area contributed by atoms with Crippen LogP contribution in [-0.2, 0) is 4.79 Å². The van der Waals surface area contributed by atoms with Crippen LogP contribution >= 0.6 is 0 Å². The van der Waals surface area contributed by atoms with Crippen LogP contribution in [-0.4, -0.2) is 26.0 Å². The number of carbonyl (C=O) groups excluding carboxylic acids is 1. The average molecular weight is 231 g/mol. The normalized spacial score (nSPS) is 9.47. The van der Waals surface area contributed by atoms with E-state index in [4.69, 9.17) is 5.26 Å². The summed E-state index contributed by atoms with van der Waals surface area (Å²) in [5, 5.41) is 11.3. The van der Waals surface area contributed by atoms with Gasteiger partial charge < -0.3 is 10.2 Å². The number of hydrogen-bond donors (Lipinski definition) is 1. The summed E-state index contributed by atoms with van der Waals surface area (Å²) in [7, 11) is 1.63. The van der Waals surface area contributed by atoms with Gasteiger partial charge in [-0.05, 0) is 30.7 Å². The van der Waals surface area contributed by atoms with Crippen LogP contribution in [0.4, 0.5) is 5.69 Å². The molecule has 17 heavy (non-hydrogen) atoms. The first kappa shape index (κ1) is 13.0. The highest BCUT2D eigenvalue weighted by Gasteiger charge is 2.09. The second kappa shape index (κ2) is 6.54. The van der Waals surface area contributed by atoms with Gasteiger partial charge in [-0.1, -0.05) is 6.92 Å². The number of nitrogens with one attached hydrogen (secondary N) is 1. The molecule has 0 atom stereocenters. The van der Waals surface area contributed by atoms with Crippen molar-refractivity contribution in [1.29, 1.82) is 5.26 Å². The second-order valence-corrected chi connectivity index (χ2v) is 3.75. The van der Waals surface area contributed by atoms with Crippen molar-refractivity contribution in [2.24, 2.45) is 0 Å². The summed E-state index contributed by atoms with van der Waals surface area (Å²) in [4.78, 5) is 13.4. The van der Waals surface area contributed by atoms with Gasteiger partial charge in [-0.15, -0.1) is 0 Å².